The molecule has 0 bridgehead atoms. The van der Waals surface area contributed by atoms with Crippen molar-refractivity contribution in [2.24, 2.45) is 0 Å². The number of rotatable bonds is 3. The molecule has 0 spiro atoms. The molecule has 92 valence electrons. The van der Waals surface area contributed by atoms with Crippen LogP contribution in [0.3, 0.4) is 0 Å². The molecule has 0 atom stereocenters. The van der Waals surface area contributed by atoms with Crippen molar-refractivity contribution in [2.45, 2.75) is 0 Å². The van der Waals surface area contributed by atoms with Crippen LogP contribution in [0.1, 0.15) is 10.4 Å². The SMILES string of the molecule is O=C(O)c1c(Br)cccc1-n1ccc([N+](=O)[O-])n1. The van der Waals surface area contributed by atoms with E-state index in [4.69, 9.17) is 5.11 Å². The van der Waals surface area contributed by atoms with Gasteiger partial charge in [0.25, 0.3) is 0 Å². The molecule has 0 fully saturated rings. The summed E-state index contributed by atoms with van der Waals surface area (Å²) < 4.78 is 1.54. The Morgan fingerprint density at radius 3 is 2.72 bits per heavy atom. The molecule has 0 saturated carbocycles. The maximum Gasteiger partial charge on any atom is 0.390 e. The summed E-state index contributed by atoms with van der Waals surface area (Å²) >= 11 is 3.12. The average molecular weight is 312 g/mol. The van der Waals surface area contributed by atoms with Gasteiger partial charge in [0.15, 0.2) is 0 Å². The van der Waals surface area contributed by atoms with E-state index in [1.54, 1.807) is 12.1 Å². The zero-order valence-electron chi connectivity index (χ0n) is 8.78. The highest BCUT2D eigenvalue weighted by molar-refractivity contribution is 9.10. The summed E-state index contributed by atoms with van der Waals surface area (Å²) in [4.78, 5) is 21.0. The van der Waals surface area contributed by atoms with E-state index < -0.39 is 10.9 Å². The number of hydrogen-bond donors (Lipinski definition) is 1. The molecule has 0 aliphatic carbocycles. The Kier molecular flexibility index (Phi) is 3.11. The van der Waals surface area contributed by atoms with E-state index in [1.165, 1.54) is 18.3 Å². The fourth-order valence-electron chi connectivity index (χ4n) is 1.46. The smallest absolute Gasteiger partial charge is 0.390 e. The lowest BCUT2D eigenvalue weighted by molar-refractivity contribution is -0.389. The predicted octanol–water partition coefficient (Wildman–Crippen LogP) is 2.24. The van der Waals surface area contributed by atoms with Gasteiger partial charge in [-0.3, -0.25) is 0 Å². The quantitative estimate of drug-likeness (QED) is 0.692. The average Bonchev–Trinajstić information content (AvgIpc) is 2.77. The number of carboxylic acids is 1. The molecule has 0 aliphatic heterocycles. The number of carboxylic acid groups (broad SMARTS) is 1. The lowest BCUT2D eigenvalue weighted by Gasteiger charge is -2.04. The van der Waals surface area contributed by atoms with E-state index in [1.807, 2.05) is 0 Å². The molecule has 0 amide bonds. The molecule has 18 heavy (non-hydrogen) atoms. The van der Waals surface area contributed by atoms with E-state index in [0.29, 0.717) is 4.47 Å². The van der Waals surface area contributed by atoms with Crippen LogP contribution in [-0.4, -0.2) is 25.8 Å². The summed E-state index contributed by atoms with van der Waals surface area (Å²) in [7, 11) is 0. The minimum absolute atomic E-state index is 0.00417. The maximum atomic E-state index is 11.2. The predicted molar refractivity (Wildman–Crippen MR) is 64.9 cm³/mol. The summed E-state index contributed by atoms with van der Waals surface area (Å²) in [6, 6.07) is 5.92. The van der Waals surface area contributed by atoms with Gasteiger partial charge >= 0.3 is 11.8 Å². The first kappa shape index (κ1) is 12.2. The van der Waals surface area contributed by atoms with Crippen LogP contribution >= 0.6 is 15.9 Å². The fourth-order valence-corrected chi connectivity index (χ4v) is 1.99. The first-order valence-electron chi connectivity index (χ1n) is 4.73. The molecule has 8 heteroatoms. The van der Waals surface area contributed by atoms with E-state index in [0.717, 1.165) is 4.68 Å². The Balaban J connectivity index is 2.59. The van der Waals surface area contributed by atoms with Crippen molar-refractivity contribution in [2.75, 3.05) is 0 Å². The van der Waals surface area contributed by atoms with Gasteiger partial charge in [0.05, 0.1) is 17.4 Å². The minimum atomic E-state index is -1.14. The molecule has 1 heterocycles. The van der Waals surface area contributed by atoms with Gasteiger partial charge in [0.1, 0.15) is 11.3 Å². The highest BCUT2D eigenvalue weighted by atomic mass is 79.9. The Hall–Kier alpha value is -2.22. The second-order valence-corrected chi connectivity index (χ2v) is 4.17. The number of nitro groups is 1. The van der Waals surface area contributed by atoms with E-state index >= 15 is 0 Å². The lowest BCUT2D eigenvalue weighted by Crippen LogP contribution is -2.07. The summed E-state index contributed by atoms with van der Waals surface area (Å²) in [5.74, 6) is -1.48. The molecule has 1 N–H and O–H groups in total. The molecule has 0 radical (unpaired) electrons. The molecular weight excluding hydrogens is 306 g/mol. The van der Waals surface area contributed by atoms with Crippen molar-refractivity contribution < 1.29 is 14.8 Å². The standard InChI is InChI=1S/C10H6BrN3O4/c11-6-2-1-3-7(9(6)10(15)16)13-5-4-8(12-13)14(17)18/h1-5H,(H,15,16). The Morgan fingerprint density at radius 1 is 1.44 bits per heavy atom. The molecule has 0 unspecified atom stereocenters. The molecule has 2 aromatic rings. The van der Waals surface area contributed by atoms with E-state index in [2.05, 4.69) is 21.0 Å². The highest BCUT2D eigenvalue weighted by Crippen LogP contribution is 2.24. The number of halogens is 1. The second-order valence-electron chi connectivity index (χ2n) is 3.31. The molecular formula is C10H6BrN3O4. The third-order valence-corrected chi connectivity index (χ3v) is 2.88. The Morgan fingerprint density at radius 2 is 2.17 bits per heavy atom. The monoisotopic (exact) mass is 311 g/mol. The summed E-state index contributed by atoms with van der Waals surface area (Å²) in [5, 5.41) is 23.4. The number of aromatic nitrogens is 2. The van der Waals surface area contributed by atoms with Crippen LogP contribution in [0.4, 0.5) is 5.82 Å². The number of nitrogens with zero attached hydrogens (tertiary/aromatic N) is 3. The third kappa shape index (κ3) is 2.09. The van der Waals surface area contributed by atoms with Crippen LogP contribution in [0.5, 0.6) is 0 Å². The Labute approximate surface area is 109 Å². The first-order chi connectivity index (χ1) is 8.50. The Bertz CT molecular complexity index is 638. The summed E-state index contributed by atoms with van der Waals surface area (Å²) in [6.07, 6.45) is 1.34. The third-order valence-electron chi connectivity index (χ3n) is 2.21. The largest absolute Gasteiger partial charge is 0.478 e. The molecule has 1 aromatic carbocycles. The number of benzene rings is 1. The van der Waals surface area contributed by atoms with E-state index in [-0.39, 0.29) is 17.1 Å². The van der Waals surface area contributed by atoms with Crippen LogP contribution in [0.25, 0.3) is 5.69 Å². The van der Waals surface area contributed by atoms with Gasteiger partial charge in [-0.1, -0.05) is 6.07 Å². The number of hydrogen-bond acceptors (Lipinski definition) is 4. The second kappa shape index (κ2) is 4.57. The summed E-state index contributed by atoms with van der Waals surface area (Å²) in [6.45, 7) is 0. The van der Waals surface area contributed by atoms with Gasteiger partial charge in [0, 0.05) is 4.47 Å². The molecule has 0 aliphatic rings. The maximum absolute atomic E-state index is 11.2. The van der Waals surface area contributed by atoms with Crippen molar-refractivity contribution >= 4 is 27.7 Å². The molecule has 1 aromatic heterocycles. The van der Waals surface area contributed by atoms with Crippen molar-refractivity contribution in [3.63, 3.8) is 0 Å². The molecule has 2 rings (SSSR count). The minimum Gasteiger partial charge on any atom is -0.478 e. The topological polar surface area (TPSA) is 98.3 Å². The normalized spacial score (nSPS) is 10.3. The van der Waals surface area contributed by atoms with Crippen molar-refractivity contribution in [1.82, 2.24) is 9.78 Å². The highest BCUT2D eigenvalue weighted by Gasteiger charge is 2.19. The van der Waals surface area contributed by atoms with Crippen molar-refractivity contribution in [1.29, 1.82) is 0 Å². The number of aromatic carboxylic acids is 1. The van der Waals surface area contributed by atoms with Crippen LogP contribution < -0.4 is 0 Å². The zero-order valence-corrected chi connectivity index (χ0v) is 10.4. The van der Waals surface area contributed by atoms with Gasteiger partial charge in [-0.25, -0.2) is 4.79 Å². The van der Waals surface area contributed by atoms with Crippen LogP contribution in [0.15, 0.2) is 34.9 Å². The van der Waals surface area contributed by atoms with Gasteiger partial charge < -0.3 is 15.2 Å². The molecule has 7 nitrogen and oxygen atoms in total. The van der Waals surface area contributed by atoms with Gasteiger partial charge in [0.2, 0.25) is 0 Å². The van der Waals surface area contributed by atoms with Crippen LogP contribution in [0, 0.1) is 10.1 Å². The first-order valence-corrected chi connectivity index (χ1v) is 5.52. The zero-order chi connectivity index (χ0) is 13.3. The van der Waals surface area contributed by atoms with Crippen molar-refractivity contribution in [3.05, 3.63) is 50.6 Å². The van der Waals surface area contributed by atoms with E-state index in [9.17, 15) is 14.9 Å². The molecule has 0 saturated heterocycles. The van der Waals surface area contributed by atoms with Crippen LogP contribution in [-0.2, 0) is 0 Å². The fraction of sp³-hybridized carbons (Fsp3) is 0. The number of carbonyl (C=O) groups is 1. The summed E-state index contributed by atoms with van der Waals surface area (Å²) in [5.41, 5.74) is 0.250. The van der Waals surface area contributed by atoms with Gasteiger partial charge in [-0.05, 0) is 33.0 Å². The van der Waals surface area contributed by atoms with Crippen molar-refractivity contribution in [3.8, 4) is 5.69 Å². The van der Waals surface area contributed by atoms with Gasteiger partial charge in [-0.15, -0.1) is 4.68 Å². The lowest BCUT2D eigenvalue weighted by atomic mass is 10.2. The van der Waals surface area contributed by atoms with Crippen LogP contribution in [0.2, 0.25) is 0 Å². The van der Waals surface area contributed by atoms with Gasteiger partial charge in [-0.2, -0.15) is 0 Å².